The van der Waals surface area contributed by atoms with Gasteiger partial charge in [-0.2, -0.15) is 0 Å². The van der Waals surface area contributed by atoms with Crippen molar-refractivity contribution in [2.45, 2.75) is 51.3 Å². The van der Waals surface area contributed by atoms with E-state index in [1.54, 1.807) is 0 Å². The van der Waals surface area contributed by atoms with E-state index < -0.39 is 5.94 Å². The quantitative estimate of drug-likeness (QED) is 0.299. The summed E-state index contributed by atoms with van der Waals surface area (Å²) in [6.07, 6.45) is 2.03. The summed E-state index contributed by atoms with van der Waals surface area (Å²) in [4.78, 5) is 0. The number of rotatable bonds is 8. The second-order valence-corrected chi connectivity index (χ2v) is 4.58. The molecule has 0 fully saturated rings. The fraction of sp³-hybridized carbons (Fsp3) is 1.00. The lowest BCUT2D eigenvalue weighted by molar-refractivity contribution is -0.0239. The van der Waals surface area contributed by atoms with Crippen molar-refractivity contribution < 1.29 is 4.74 Å². The smallest absolute Gasteiger partial charge is 0.0934 e. The van der Waals surface area contributed by atoms with E-state index >= 15 is 0 Å². The third-order valence-corrected chi connectivity index (χ3v) is 2.09. The van der Waals surface area contributed by atoms with Gasteiger partial charge >= 0.3 is 0 Å². The molecule has 5 heteroatoms. The van der Waals surface area contributed by atoms with Gasteiger partial charge in [-0.3, -0.25) is 0 Å². The van der Waals surface area contributed by atoms with E-state index in [1.165, 1.54) is 0 Å². The minimum absolute atomic E-state index is 0.0477. The molecule has 88 valence electrons. The zero-order valence-corrected chi connectivity index (χ0v) is 10.1. The Morgan fingerprint density at radius 2 is 2.00 bits per heavy atom. The van der Waals surface area contributed by atoms with Gasteiger partial charge in [0.25, 0.3) is 0 Å². The van der Waals surface area contributed by atoms with Gasteiger partial charge in [-0.1, -0.05) is 0 Å². The van der Waals surface area contributed by atoms with Crippen LogP contribution in [0, 0.1) is 0 Å². The van der Waals surface area contributed by atoms with Gasteiger partial charge < -0.3 is 21.5 Å². The minimum atomic E-state index is -0.397. The SMILES string of the molecule is [B]C(N)COC(C)(C)CCCNC(C)N. The molecule has 0 heterocycles. The monoisotopic (exact) mass is 213 g/mol. The average molecular weight is 213 g/mol. The number of nitrogens with one attached hydrogen (secondary N) is 1. The summed E-state index contributed by atoms with van der Waals surface area (Å²) in [7, 11) is 5.42. The van der Waals surface area contributed by atoms with Crippen LogP contribution in [0.5, 0.6) is 0 Å². The Balaban J connectivity index is 3.55. The molecule has 0 aromatic heterocycles. The van der Waals surface area contributed by atoms with Gasteiger partial charge in [0.1, 0.15) is 0 Å². The number of hydrogen-bond acceptors (Lipinski definition) is 4. The third kappa shape index (κ3) is 10.2. The molecular weight excluding hydrogens is 189 g/mol. The molecule has 0 amide bonds. The van der Waals surface area contributed by atoms with Crippen LogP contribution in [0.4, 0.5) is 0 Å². The van der Waals surface area contributed by atoms with Crippen LogP contribution in [0.2, 0.25) is 0 Å². The molecule has 15 heavy (non-hydrogen) atoms. The summed E-state index contributed by atoms with van der Waals surface area (Å²) in [6, 6.07) is 0. The summed E-state index contributed by atoms with van der Waals surface area (Å²) >= 11 is 0. The first-order valence-electron chi connectivity index (χ1n) is 5.47. The molecular formula is C10H24BN3O. The molecule has 0 aliphatic rings. The molecule has 0 rings (SSSR count). The molecule has 4 nitrogen and oxygen atoms in total. The van der Waals surface area contributed by atoms with Crippen LogP contribution in [0.15, 0.2) is 0 Å². The molecule has 0 aliphatic heterocycles. The second kappa shape index (κ2) is 7.22. The van der Waals surface area contributed by atoms with Crippen molar-refractivity contribution >= 4 is 7.85 Å². The van der Waals surface area contributed by atoms with E-state index in [0.717, 1.165) is 19.4 Å². The summed E-state index contributed by atoms with van der Waals surface area (Å²) in [5.41, 5.74) is 10.8. The van der Waals surface area contributed by atoms with E-state index in [9.17, 15) is 0 Å². The van der Waals surface area contributed by atoms with Crippen molar-refractivity contribution in [2.24, 2.45) is 11.5 Å². The predicted molar refractivity (Wildman–Crippen MR) is 64.6 cm³/mol. The van der Waals surface area contributed by atoms with Crippen LogP contribution in [-0.4, -0.2) is 38.7 Å². The van der Waals surface area contributed by atoms with Gasteiger partial charge in [0.2, 0.25) is 0 Å². The largest absolute Gasteiger partial charge is 0.375 e. The van der Waals surface area contributed by atoms with Crippen molar-refractivity contribution in [3.63, 3.8) is 0 Å². The van der Waals surface area contributed by atoms with Crippen LogP contribution in [0.3, 0.4) is 0 Å². The van der Waals surface area contributed by atoms with Gasteiger partial charge in [-0.25, -0.2) is 0 Å². The highest BCUT2D eigenvalue weighted by Crippen LogP contribution is 2.16. The van der Waals surface area contributed by atoms with Crippen molar-refractivity contribution in [2.75, 3.05) is 13.2 Å². The fourth-order valence-corrected chi connectivity index (χ4v) is 1.24. The van der Waals surface area contributed by atoms with Crippen LogP contribution >= 0.6 is 0 Å². The van der Waals surface area contributed by atoms with Crippen molar-refractivity contribution in [3.8, 4) is 0 Å². The molecule has 0 aromatic rings. The zero-order chi connectivity index (χ0) is 11.9. The Hall–Kier alpha value is -0.0951. The van der Waals surface area contributed by atoms with Crippen LogP contribution < -0.4 is 16.8 Å². The van der Waals surface area contributed by atoms with Crippen LogP contribution in [-0.2, 0) is 4.74 Å². The first-order valence-corrected chi connectivity index (χ1v) is 5.47. The van der Waals surface area contributed by atoms with E-state index in [-0.39, 0.29) is 11.8 Å². The van der Waals surface area contributed by atoms with E-state index in [1.807, 2.05) is 20.8 Å². The molecule has 0 aromatic carbocycles. The Bertz CT molecular complexity index is 163. The predicted octanol–water partition coefficient (Wildman–Crippen LogP) is -0.0906. The molecule has 0 saturated carbocycles. The van der Waals surface area contributed by atoms with Crippen molar-refractivity contribution in [1.29, 1.82) is 0 Å². The highest BCUT2D eigenvalue weighted by molar-refractivity contribution is 6.11. The Morgan fingerprint density at radius 3 is 2.47 bits per heavy atom. The van der Waals surface area contributed by atoms with Crippen molar-refractivity contribution in [1.82, 2.24) is 5.32 Å². The highest BCUT2D eigenvalue weighted by Gasteiger charge is 2.18. The first-order chi connectivity index (χ1) is 6.83. The number of hydrogen-bond donors (Lipinski definition) is 3. The summed E-state index contributed by atoms with van der Waals surface area (Å²) in [5, 5.41) is 3.16. The third-order valence-electron chi connectivity index (χ3n) is 2.09. The Morgan fingerprint density at radius 1 is 1.40 bits per heavy atom. The summed E-state index contributed by atoms with van der Waals surface area (Å²) in [6.45, 7) is 7.31. The molecule has 2 unspecified atom stereocenters. The summed E-state index contributed by atoms with van der Waals surface area (Å²) in [5.74, 6) is -0.397. The first kappa shape index (κ1) is 14.9. The van der Waals surface area contributed by atoms with Gasteiger partial charge in [0, 0.05) is 0 Å². The molecule has 2 atom stereocenters. The number of ether oxygens (including phenoxy) is 1. The van der Waals surface area contributed by atoms with Gasteiger partial charge in [0.15, 0.2) is 0 Å². The lowest BCUT2D eigenvalue weighted by atomic mass is 9.98. The molecule has 0 saturated heterocycles. The van der Waals surface area contributed by atoms with E-state index in [0.29, 0.717) is 6.61 Å². The van der Waals surface area contributed by atoms with Gasteiger partial charge in [-0.05, 0) is 46.1 Å². The molecule has 5 N–H and O–H groups in total. The minimum Gasteiger partial charge on any atom is -0.375 e. The number of nitrogens with two attached hydrogens (primary N) is 2. The van der Waals surface area contributed by atoms with Gasteiger partial charge in [-0.15, -0.1) is 0 Å². The fourth-order valence-electron chi connectivity index (χ4n) is 1.24. The molecule has 0 aliphatic carbocycles. The Kier molecular flexibility index (Phi) is 7.18. The Labute approximate surface area is 94.5 Å². The lowest BCUT2D eigenvalue weighted by Gasteiger charge is -2.26. The molecule has 0 bridgehead atoms. The average Bonchev–Trinajstić information content (AvgIpc) is 2.09. The standard InChI is InChI=1S/C10H24BN3O/c1-8(12)14-6-4-5-10(2,3)15-7-9(11)13/h8-9,14H,4-7,12-13H2,1-3H3. The maximum absolute atomic E-state index is 5.59. The summed E-state index contributed by atoms with van der Waals surface area (Å²) < 4.78 is 5.59. The maximum atomic E-state index is 5.59. The lowest BCUT2D eigenvalue weighted by Crippen LogP contribution is -2.37. The zero-order valence-electron chi connectivity index (χ0n) is 10.1. The van der Waals surface area contributed by atoms with E-state index in [2.05, 4.69) is 5.32 Å². The van der Waals surface area contributed by atoms with Crippen molar-refractivity contribution in [3.05, 3.63) is 0 Å². The normalized spacial score (nSPS) is 16.3. The highest BCUT2D eigenvalue weighted by atomic mass is 16.5. The molecule has 0 spiro atoms. The van der Waals surface area contributed by atoms with E-state index in [4.69, 9.17) is 24.1 Å². The van der Waals surface area contributed by atoms with Gasteiger partial charge in [0.05, 0.1) is 26.2 Å². The second-order valence-electron chi connectivity index (χ2n) is 4.58. The maximum Gasteiger partial charge on any atom is 0.0934 e. The molecule has 2 radical (unpaired) electrons. The van der Waals surface area contributed by atoms with Crippen LogP contribution in [0.1, 0.15) is 33.6 Å². The van der Waals surface area contributed by atoms with Crippen LogP contribution in [0.25, 0.3) is 0 Å². The topological polar surface area (TPSA) is 73.3 Å².